The van der Waals surface area contributed by atoms with E-state index in [1.807, 2.05) is 12.1 Å². The lowest BCUT2D eigenvalue weighted by Crippen LogP contribution is -1.91. The topological polar surface area (TPSA) is 13.1 Å². The first kappa shape index (κ1) is 10.6. The molecule has 7 aromatic carbocycles. The van der Waals surface area contributed by atoms with Crippen LogP contribution in [0.25, 0.3) is 76.5 Å². The predicted molar refractivity (Wildman–Crippen MR) is 157 cm³/mol. The Balaban J connectivity index is 1.78. The van der Waals surface area contributed by atoms with Crippen LogP contribution in [0.1, 0.15) is 20.6 Å². The van der Waals surface area contributed by atoms with E-state index in [0.717, 1.165) is 5.39 Å². The number of para-hydroxylation sites is 2. The molecule has 0 saturated heterocycles. The van der Waals surface area contributed by atoms with Crippen molar-refractivity contribution in [3.05, 3.63) is 133 Å². The van der Waals surface area contributed by atoms with Crippen LogP contribution in [-0.2, 0) is 0 Å². The van der Waals surface area contributed by atoms with Crippen LogP contribution in [0.4, 0.5) is 0 Å². The Kier molecular flexibility index (Phi) is 2.24. The molecule has 37 heavy (non-hydrogen) atoms. The van der Waals surface area contributed by atoms with Crippen LogP contribution in [0.3, 0.4) is 0 Å². The van der Waals surface area contributed by atoms with Gasteiger partial charge in [0.25, 0.3) is 0 Å². The van der Waals surface area contributed by atoms with Gasteiger partial charge in [-0.05, 0) is 49.5 Å². The summed E-state index contributed by atoms with van der Waals surface area (Å²) in [6, 6.07) is 2.01. The van der Waals surface area contributed by atoms with Gasteiger partial charge in [-0.3, -0.25) is 0 Å². The molecule has 0 spiro atoms. The molecule has 0 saturated carbocycles. The van der Waals surface area contributed by atoms with Gasteiger partial charge in [-0.2, -0.15) is 0 Å². The van der Waals surface area contributed by atoms with Crippen molar-refractivity contribution < 1.29 is 25.0 Å². The van der Waals surface area contributed by atoms with Crippen molar-refractivity contribution in [1.82, 2.24) is 0 Å². The summed E-state index contributed by atoms with van der Waals surface area (Å²) in [6.07, 6.45) is 0. The van der Waals surface area contributed by atoms with Crippen molar-refractivity contribution >= 4 is 54.3 Å². The third-order valence-electron chi connectivity index (χ3n) is 6.61. The zero-order valence-electron chi connectivity index (χ0n) is 33.9. The minimum Gasteiger partial charge on any atom is -0.455 e. The normalized spacial score (nSPS) is 17.5. The van der Waals surface area contributed by atoms with Crippen LogP contribution in [0.15, 0.2) is 138 Å². The lowest BCUT2D eigenvalue weighted by atomic mass is 9.84. The van der Waals surface area contributed by atoms with Gasteiger partial charge in [-0.15, -0.1) is 0 Å². The molecular formula is C36H22O. The third kappa shape index (κ3) is 2.92. The zero-order chi connectivity index (χ0) is 37.4. The summed E-state index contributed by atoms with van der Waals surface area (Å²) >= 11 is 0. The number of furan rings is 1. The first-order valence-corrected chi connectivity index (χ1v) is 11.5. The van der Waals surface area contributed by atoms with Gasteiger partial charge < -0.3 is 4.42 Å². The van der Waals surface area contributed by atoms with Gasteiger partial charge in [0.2, 0.25) is 0 Å². The molecule has 0 aliphatic carbocycles. The molecule has 0 radical (unpaired) electrons. The first-order chi connectivity index (χ1) is 24.6. The van der Waals surface area contributed by atoms with Gasteiger partial charge in [0.15, 0.2) is 0 Å². The highest BCUT2D eigenvalue weighted by Gasteiger charge is 2.20. The van der Waals surface area contributed by atoms with E-state index in [1.165, 1.54) is 0 Å². The fraction of sp³-hybridized carbons (Fsp3) is 0. The maximum Gasteiger partial charge on any atom is 0.143 e. The minimum atomic E-state index is -0.758. The lowest BCUT2D eigenvalue weighted by molar-refractivity contribution is 0.670. The highest BCUT2D eigenvalue weighted by Crippen LogP contribution is 2.47. The number of hydrogen-bond donors (Lipinski definition) is 0. The van der Waals surface area contributed by atoms with Crippen LogP contribution >= 0.6 is 0 Å². The van der Waals surface area contributed by atoms with Gasteiger partial charge in [0.1, 0.15) is 11.2 Å². The molecule has 1 heterocycles. The molecular weight excluding hydrogens is 448 g/mol. The molecule has 1 nitrogen and oxygen atoms in total. The second kappa shape index (κ2) is 7.81. The van der Waals surface area contributed by atoms with Gasteiger partial charge in [0.05, 0.1) is 20.6 Å². The Hall–Kier alpha value is -4.88. The average Bonchev–Trinajstić information content (AvgIpc) is 3.53. The molecule has 0 aliphatic rings. The third-order valence-corrected chi connectivity index (χ3v) is 6.61. The van der Waals surface area contributed by atoms with E-state index < -0.39 is 107 Å². The molecule has 0 amide bonds. The van der Waals surface area contributed by atoms with Crippen LogP contribution in [-0.4, -0.2) is 0 Å². The van der Waals surface area contributed by atoms with Gasteiger partial charge in [0, 0.05) is 21.9 Å². The van der Waals surface area contributed by atoms with Crippen LogP contribution in [0, 0.1) is 0 Å². The van der Waals surface area contributed by atoms with Crippen molar-refractivity contribution in [3.8, 4) is 22.3 Å². The SMILES string of the molecule is [2H]c1c([2H])c([2H])c2c(-c3c4c([2H])c([2H])c([2H])c([2H])c4c(-c4cccc5c4oc4ccccc45)c4c([2H])c([2H])c([2H])c([2H])c34)c([2H])c([2H])c([2H])c2c1[2H]. The van der Waals surface area contributed by atoms with E-state index in [2.05, 4.69) is 0 Å². The Morgan fingerprint density at radius 2 is 1.00 bits per heavy atom. The lowest BCUT2D eigenvalue weighted by Gasteiger charge is -2.18. The second-order valence-corrected chi connectivity index (χ2v) is 8.53. The average molecular weight is 486 g/mol. The molecule has 0 N–H and O–H groups in total. The van der Waals surface area contributed by atoms with Crippen LogP contribution in [0.2, 0.25) is 0 Å². The Morgan fingerprint density at radius 3 is 1.73 bits per heavy atom. The van der Waals surface area contributed by atoms with E-state index >= 15 is 0 Å². The maximum absolute atomic E-state index is 9.27. The minimum absolute atomic E-state index is 0.0154. The van der Waals surface area contributed by atoms with Gasteiger partial charge in [-0.1, -0.05) is 127 Å². The largest absolute Gasteiger partial charge is 0.455 e. The van der Waals surface area contributed by atoms with Crippen molar-refractivity contribution in [2.24, 2.45) is 0 Å². The monoisotopic (exact) mass is 485 g/mol. The van der Waals surface area contributed by atoms with E-state index in [0.29, 0.717) is 11.0 Å². The maximum atomic E-state index is 9.27. The quantitative estimate of drug-likeness (QED) is 0.222. The highest BCUT2D eigenvalue weighted by atomic mass is 16.3. The number of benzene rings is 7. The molecule has 0 bridgehead atoms. The second-order valence-electron chi connectivity index (χ2n) is 8.53. The van der Waals surface area contributed by atoms with Gasteiger partial charge >= 0.3 is 0 Å². The summed E-state index contributed by atoms with van der Waals surface area (Å²) in [5, 5.41) is -0.529. The predicted octanol–water partition coefficient (Wildman–Crippen LogP) is 10.4. The Labute approximate surface area is 235 Å². The fourth-order valence-corrected chi connectivity index (χ4v) is 5.09. The standard InChI is InChI=1S/C36H22O/c1-2-13-24-23(11-1)12-9-19-26(24)34-27-15-3-5-17-29(27)35(30-18-6-4-16-28(30)34)32-21-10-20-31-25-14-7-8-22-33(25)37-36(31)32/h1-22H/i1D,2D,3D,4D,5D,6D,9D,11D,12D,13D,15D,16D,17D,18D,19D. The number of fused-ring (bicyclic) bond motifs is 6. The summed E-state index contributed by atoms with van der Waals surface area (Å²) in [6.45, 7) is 0. The van der Waals surface area contributed by atoms with Crippen LogP contribution in [0.5, 0.6) is 0 Å². The summed E-state index contributed by atoms with van der Waals surface area (Å²) in [7, 11) is 0. The number of rotatable bonds is 2. The molecule has 8 rings (SSSR count). The van der Waals surface area contributed by atoms with E-state index in [4.69, 9.17) is 19.5 Å². The molecule has 0 aliphatic heterocycles. The molecule has 0 atom stereocenters. The Morgan fingerprint density at radius 1 is 0.432 bits per heavy atom. The zero-order valence-corrected chi connectivity index (χ0v) is 18.9. The molecule has 1 aromatic heterocycles. The van der Waals surface area contributed by atoms with Gasteiger partial charge in [-0.25, -0.2) is 0 Å². The Bertz CT molecular complexity index is 2880. The highest BCUT2D eigenvalue weighted by molar-refractivity contribution is 6.25. The van der Waals surface area contributed by atoms with Crippen molar-refractivity contribution in [1.29, 1.82) is 0 Å². The first-order valence-electron chi connectivity index (χ1n) is 19.0. The summed E-state index contributed by atoms with van der Waals surface area (Å²) in [4.78, 5) is 0. The molecule has 0 fully saturated rings. The van der Waals surface area contributed by atoms with Crippen molar-refractivity contribution in [2.75, 3.05) is 0 Å². The van der Waals surface area contributed by atoms with Crippen molar-refractivity contribution in [2.45, 2.75) is 0 Å². The molecule has 172 valence electrons. The smallest absolute Gasteiger partial charge is 0.143 e. The molecule has 0 unspecified atom stereocenters. The fourth-order valence-electron chi connectivity index (χ4n) is 5.09. The van der Waals surface area contributed by atoms with E-state index in [9.17, 15) is 5.48 Å². The molecule has 8 aromatic rings. The van der Waals surface area contributed by atoms with Crippen molar-refractivity contribution in [3.63, 3.8) is 0 Å². The number of hydrogen-bond acceptors (Lipinski definition) is 1. The van der Waals surface area contributed by atoms with E-state index in [1.54, 1.807) is 30.3 Å². The van der Waals surface area contributed by atoms with E-state index in [-0.39, 0.29) is 43.8 Å². The summed E-state index contributed by atoms with van der Waals surface area (Å²) < 4.78 is 139. The summed E-state index contributed by atoms with van der Waals surface area (Å²) in [5.74, 6) is 0. The summed E-state index contributed by atoms with van der Waals surface area (Å²) in [5.41, 5.74) is 0.187. The van der Waals surface area contributed by atoms with Crippen LogP contribution < -0.4 is 0 Å². The molecule has 1 heteroatoms.